The molecule has 1 aromatic carbocycles. The summed E-state index contributed by atoms with van der Waals surface area (Å²) in [5.41, 5.74) is -0.586. The number of rotatable bonds is 9. The first-order valence-corrected chi connectivity index (χ1v) is 11.6. The van der Waals surface area contributed by atoms with Gasteiger partial charge >= 0.3 is 6.18 Å². The second-order valence-electron chi connectivity index (χ2n) is 6.70. The Morgan fingerprint density at radius 3 is 2.55 bits per heavy atom. The van der Waals surface area contributed by atoms with Gasteiger partial charge in [-0.15, -0.1) is 0 Å². The Labute approximate surface area is 186 Å². The van der Waals surface area contributed by atoms with Crippen LogP contribution in [0.1, 0.15) is 32.3 Å². The molecular weight excluding hydrogens is 447 g/mol. The highest BCUT2D eigenvalue weighted by molar-refractivity contribution is 8.00. The van der Waals surface area contributed by atoms with Crippen LogP contribution in [0.5, 0.6) is 0 Å². The highest BCUT2D eigenvalue weighted by Crippen LogP contribution is 2.36. The molecule has 6 nitrogen and oxygen atoms in total. The summed E-state index contributed by atoms with van der Waals surface area (Å²) in [5, 5.41) is 3.78. The molecule has 2 aromatic heterocycles. The van der Waals surface area contributed by atoms with Crippen molar-refractivity contribution in [2.45, 2.75) is 37.9 Å². The minimum Gasteiger partial charge on any atom is -0.348 e. The molecule has 31 heavy (non-hydrogen) atoms. The molecule has 0 aliphatic heterocycles. The SMILES string of the molecule is CCCN(CCC)c1nc2ncnc(SCC(=O)Nc3ccccc3C(F)(F)F)c2s1. The van der Waals surface area contributed by atoms with E-state index in [9.17, 15) is 18.0 Å². The highest BCUT2D eigenvalue weighted by Gasteiger charge is 2.33. The normalized spacial score (nSPS) is 11.6. The van der Waals surface area contributed by atoms with Gasteiger partial charge in [0.25, 0.3) is 0 Å². The van der Waals surface area contributed by atoms with Crippen molar-refractivity contribution < 1.29 is 18.0 Å². The fraction of sp³-hybridized carbons (Fsp3) is 0.400. The maximum absolute atomic E-state index is 13.1. The molecule has 0 fully saturated rings. The van der Waals surface area contributed by atoms with Gasteiger partial charge in [0.2, 0.25) is 5.91 Å². The number of hydrogen-bond acceptors (Lipinski definition) is 7. The number of thiazole rings is 1. The van der Waals surface area contributed by atoms with Crippen LogP contribution in [0.25, 0.3) is 10.3 Å². The van der Waals surface area contributed by atoms with Crippen molar-refractivity contribution in [1.82, 2.24) is 15.0 Å². The fourth-order valence-electron chi connectivity index (χ4n) is 2.96. The van der Waals surface area contributed by atoms with Crippen LogP contribution >= 0.6 is 23.1 Å². The van der Waals surface area contributed by atoms with Crippen molar-refractivity contribution >= 4 is 50.2 Å². The van der Waals surface area contributed by atoms with Gasteiger partial charge in [-0.2, -0.15) is 18.2 Å². The maximum atomic E-state index is 13.1. The number of halogens is 3. The van der Waals surface area contributed by atoms with Crippen molar-refractivity contribution in [3.63, 3.8) is 0 Å². The number of aromatic nitrogens is 3. The molecule has 0 unspecified atom stereocenters. The predicted octanol–water partition coefficient (Wildman–Crippen LogP) is 5.46. The summed E-state index contributed by atoms with van der Waals surface area (Å²) >= 11 is 2.61. The van der Waals surface area contributed by atoms with Crippen LogP contribution in [0.3, 0.4) is 0 Å². The first kappa shape index (κ1) is 23.3. The number of para-hydroxylation sites is 1. The Balaban J connectivity index is 1.73. The molecule has 0 aliphatic carbocycles. The average molecular weight is 470 g/mol. The smallest absolute Gasteiger partial charge is 0.348 e. The number of benzene rings is 1. The minimum atomic E-state index is -4.54. The number of amides is 1. The van der Waals surface area contributed by atoms with Gasteiger partial charge < -0.3 is 10.2 Å². The van der Waals surface area contributed by atoms with E-state index in [1.165, 1.54) is 35.9 Å². The molecule has 11 heteroatoms. The van der Waals surface area contributed by atoms with Crippen LogP contribution in [0.4, 0.5) is 24.0 Å². The number of carbonyl (C=O) groups is 1. The van der Waals surface area contributed by atoms with Gasteiger partial charge in [0.05, 0.1) is 17.0 Å². The van der Waals surface area contributed by atoms with Gasteiger partial charge in [0.1, 0.15) is 16.1 Å². The van der Waals surface area contributed by atoms with Crippen LogP contribution in [0, 0.1) is 0 Å². The molecule has 1 amide bonds. The van der Waals surface area contributed by atoms with Gasteiger partial charge in [-0.05, 0) is 25.0 Å². The van der Waals surface area contributed by atoms with Crippen molar-refractivity contribution in [2.75, 3.05) is 29.1 Å². The zero-order valence-corrected chi connectivity index (χ0v) is 18.7. The summed E-state index contributed by atoms with van der Waals surface area (Å²) in [6.07, 6.45) is -1.18. The first-order valence-electron chi connectivity index (χ1n) is 9.78. The first-order chi connectivity index (χ1) is 14.8. The molecule has 0 atom stereocenters. The molecule has 0 bridgehead atoms. The summed E-state index contributed by atoms with van der Waals surface area (Å²) in [5.74, 6) is -0.629. The Morgan fingerprint density at radius 1 is 1.16 bits per heavy atom. The number of hydrogen-bond donors (Lipinski definition) is 1. The molecule has 0 aliphatic rings. The van der Waals surface area contributed by atoms with Crippen LogP contribution < -0.4 is 10.2 Å². The molecule has 1 N–H and O–H groups in total. The lowest BCUT2D eigenvalue weighted by Gasteiger charge is -2.19. The number of nitrogens with one attached hydrogen (secondary N) is 1. The van der Waals surface area contributed by atoms with Crippen LogP contribution in [-0.2, 0) is 11.0 Å². The number of thioether (sulfide) groups is 1. The summed E-state index contributed by atoms with van der Waals surface area (Å²) in [7, 11) is 0. The lowest BCUT2D eigenvalue weighted by molar-refractivity contribution is -0.137. The zero-order chi connectivity index (χ0) is 22.4. The third-order valence-electron chi connectivity index (χ3n) is 4.25. The monoisotopic (exact) mass is 469 g/mol. The topological polar surface area (TPSA) is 71.0 Å². The van der Waals surface area contributed by atoms with Crippen LogP contribution in [0.15, 0.2) is 35.6 Å². The van der Waals surface area contributed by atoms with Crippen molar-refractivity contribution in [3.05, 3.63) is 36.2 Å². The van der Waals surface area contributed by atoms with E-state index in [4.69, 9.17) is 0 Å². The number of carbonyl (C=O) groups excluding carboxylic acids is 1. The van der Waals surface area contributed by atoms with Crippen LogP contribution in [-0.4, -0.2) is 39.7 Å². The predicted molar refractivity (Wildman–Crippen MR) is 119 cm³/mol. The molecule has 3 rings (SSSR count). The molecule has 3 aromatic rings. The van der Waals surface area contributed by atoms with E-state index in [2.05, 4.69) is 39.0 Å². The molecule has 166 valence electrons. The summed E-state index contributed by atoms with van der Waals surface area (Å²) in [6, 6.07) is 4.91. The molecular formula is C20H22F3N5OS2. The maximum Gasteiger partial charge on any atom is 0.418 e. The number of fused-ring (bicyclic) bond motifs is 1. The third kappa shape index (κ3) is 5.85. The number of anilines is 2. The van der Waals surface area contributed by atoms with E-state index in [0.717, 1.165) is 53.6 Å². The molecule has 0 saturated heterocycles. The van der Waals surface area contributed by atoms with Crippen molar-refractivity contribution in [1.29, 1.82) is 0 Å². The van der Waals surface area contributed by atoms with Gasteiger partial charge in [-0.25, -0.2) is 9.97 Å². The van der Waals surface area contributed by atoms with Gasteiger partial charge in [0.15, 0.2) is 10.8 Å². The Morgan fingerprint density at radius 2 is 1.87 bits per heavy atom. The van der Waals surface area contributed by atoms with Crippen molar-refractivity contribution in [3.8, 4) is 0 Å². The highest BCUT2D eigenvalue weighted by atomic mass is 32.2. The number of alkyl halides is 3. The lowest BCUT2D eigenvalue weighted by Crippen LogP contribution is -2.24. The Bertz CT molecular complexity index is 1040. The van der Waals surface area contributed by atoms with Crippen LogP contribution in [0.2, 0.25) is 0 Å². The Kier molecular flexibility index (Phi) is 7.71. The molecule has 2 heterocycles. The molecule has 0 radical (unpaired) electrons. The van der Waals surface area contributed by atoms with Crippen molar-refractivity contribution in [2.24, 2.45) is 0 Å². The standard InChI is InChI=1S/C20H22F3N5OS2/c1-3-9-28(10-4-2)19-27-17-16(31-19)18(25-12-24-17)30-11-15(29)26-14-8-6-5-7-13(14)20(21,22)23/h5-8,12H,3-4,9-11H2,1-2H3,(H,26,29). The van der Waals surface area contributed by atoms with E-state index >= 15 is 0 Å². The van der Waals surface area contributed by atoms with Gasteiger partial charge in [0, 0.05) is 13.1 Å². The van der Waals surface area contributed by atoms with Gasteiger partial charge in [-0.3, -0.25) is 4.79 Å². The summed E-state index contributed by atoms with van der Waals surface area (Å²) in [6.45, 7) is 5.97. The minimum absolute atomic E-state index is 0.0842. The Hall–Kier alpha value is -2.40. The quantitative estimate of drug-likeness (QED) is 0.331. The molecule has 0 saturated carbocycles. The zero-order valence-electron chi connectivity index (χ0n) is 17.1. The van der Waals surface area contributed by atoms with E-state index in [1.54, 1.807) is 0 Å². The second kappa shape index (κ2) is 10.3. The van der Waals surface area contributed by atoms with Gasteiger partial charge in [-0.1, -0.05) is 49.1 Å². The number of nitrogens with zero attached hydrogens (tertiary/aromatic N) is 4. The largest absolute Gasteiger partial charge is 0.418 e. The lowest BCUT2D eigenvalue weighted by atomic mass is 10.1. The summed E-state index contributed by atoms with van der Waals surface area (Å²) in [4.78, 5) is 27.6. The average Bonchev–Trinajstić information content (AvgIpc) is 3.16. The molecule has 0 spiro atoms. The van der Waals surface area contributed by atoms with E-state index in [-0.39, 0.29) is 11.4 Å². The third-order valence-corrected chi connectivity index (χ3v) is 6.48. The summed E-state index contributed by atoms with van der Waals surface area (Å²) < 4.78 is 40.1. The fourth-order valence-corrected chi connectivity index (χ4v) is 4.90. The van der Waals surface area contributed by atoms with E-state index < -0.39 is 17.6 Å². The second-order valence-corrected chi connectivity index (χ2v) is 8.64. The van der Waals surface area contributed by atoms with E-state index in [0.29, 0.717) is 10.7 Å². The van der Waals surface area contributed by atoms with E-state index in [1.807, 2.05) is 0 Å².